The summed E-state index contributed by atoms with van der Waals surface area (Å²) in [4.78, 5) is 21.8. The molecule has 0 aliphatic carbocycles. The molecule has 0 spiro atoms. The van der Waals surface area contributed by atoms with Crippen LogP contribution in [0.4, 0.5) is 24.8 Å². The van der Waals surface area contributed by atoms with Crippen molar-refractivity contribution in [2.75, 3.05) is 22.7 Å². The zero-order valence-corrected chi connectivity index (χ0v) is 21.9. The molecule has 8 nitrogen and oxygen atoms in total. The predicted octanol–water partition coefficient (Wildman–Crippen LogP) is 5.53. The van der Waals surface area contributed by atoms with Crippen molar-refractivity contribution in [2.24, 2.45) is 0 Å². The van der Waals surface area contributed by atoms with E-state index in [9.17, 15) is 26.4 Å². The summed E-state index contributed by atoms with van der Waals surface area (Å²) in [5.41, 5.74) is -0.872. The number of aromatic nitrogens is 2. The molecule has 1 atom stereocenters. The fourth-order valence-electron chi connectivity index (χ4n) is 4.27. The molecule has 1 saturated heterocycles. The van der Waals surface area contributed by atoms with E-state index in [4.69, 9.17) is 4.74 Å². The number of sulfonamides is 1. The maximum Gasteiger partial charge on any atom is 0.418 e. The molecule has 39 heavy (non-hydrogen) atoms. The summed E-state index contributed by atoms with van der Waals surface area (Å²) < 4.78 is 75.5. The van der Waals surface area contributed by atoms with Crippen LogP contribution in [0, 0.1) is 0 Å². The van der Waals surface area contributed by atoms with Crippen LogP contribution < -0.4 is 9.62 Å². The Bertz CT molecular complexity index is 1480. The van der Waals surface area contributed by atoms with Crippen molar-refractivity contribution in [2.45, 2.75) is 43.5 Å². The number of anilines is 2. The molecule has 1 aromatic carbocycles. The van der Waals surface area contributed by atoms with Crippen molar-refractivity contribution in [1.29, 1.82) is 0 Å². The van der Waals surface area contributed by atoms with Gasteiger partial charge in [0.2, 0.25) is 0 Å². The summed E-state index contributed by atoms with van der Waals surface area (Å²) in [5.74, 6) is -0.237. The smallest absolute Gasteiger partial charge is 0.418 e. The monoisotopic (exact) mass is 560 g/mol. The first-order chi connectivity index (χ1) is 18.5. The highest BCUT2D eigenvalue weighted by Gasteiger charge is 2.35. The number of piperidine rings is 1. The molecule has 1 aliphatic rings. The van der Waals surface area contributed by atoms with Gasteiger partial charge in [0, 0.05) is 18.5 Å². The normalized spacial score (nSPS) is 16.0. The second kappa shape index (κ2) is 11.4. The summed E-state index contributed by atoms with van der Waals surface area (Å²) >= 11 is 0. The third-order valence-electron chi connectivity index (χ3n) is 6.15. The van der Waals surface area contributed by atoms with E-state index in [0.29, 0.717) is 30.9 Å². The van der Waals surface area contributed by atoms with Gasteiger partial charge in [0.25, 0.3) is 10.0 Å². The average Bonchev–Trinajstić information content (AvgIpc) is 2.92. The molecular weight excluding hydrogens is 533 g/mol. The van der Waals surface area contributed by atoms with Crippen LogP contribution in [0.3, 0.4) is 0 Å². The van der Waals surface area contributed by atoms with E-state index in [2.05, 4.69) is 21.3 Å². The van der Waals surface area contributed by atoms with E-state index in [1.165, 1.54) is 24.3 Å². The van der Waals surface area contributed by atoms with E-state index in [-0.39, 0.29) is 34.9 Å². The van der Waals surface area contributed by atoms with Crippen molar-refractivity contribution in [3.05, 3.63) is 72.3 Å². The summed E-state index contributed by atoms with van der Waals surface area (Å²) in [7, 11) is -4.31. The van der Waals surface area contributed by atoms with Crippen LogP contribution in [0.1, 0.15) is 37.3 Å². The third kappa shape index (κ3) is 6.56. The minimum Gasteiger partial charge on any atom is -0.460 e. The molecule has 1 unspecified atom stereocenters. The van der Waals surface area contributed by atoms with Crippen LogP contribution in [0.25, 0.3) is 17.3 Å². The van der Waals surface area contributed by atoms with Crippen molar-refractivity contribution in [3.8, 4) is 11.3 Å². The first kappa shape index (κ1) is 28.1. The van der Waals surface area contributed by atoms with Gasteiger partial charge in [0.15, 0.2) is 5.03 Å². The van der Waals surface area contributed by atoms with E-state index in [1.54, 1.807) is 31.2 Å². The quantitative estimate of drug-likeness (QED) is 0.362. The lowest BCUT2D eigenvalue weighted by Gasteiger charge is -2.33. The van der Waals surface area contributed by atoms with Gasteiger partial charge in [-0.05, 0) is 42.7 Å². The zero-order chi connectivity index (χ0) is 28.2. The number of nitrogens with one attached hydrogen (secondary N) is 1. The van der Waals surface area contributed by atoms with Crippen LogP contribution in [0.2, 0.25) is 0 Å². The molecule has 206 valence electrons. The molecule has 0 bridgehead atoms. The highest BCUT2D eigenvalue weighted by atomic mass is 32.2. The maximum absolute atomic E-state index is 13.8. The van der Waals surface area contributed by atoms with Gasteiger partial charge < -0.3 is 9.64 Å². The summed E-state index contributed by atoms with van der Waals surface area (Å²) in [5, 5.41) is -0.331. The number of esters is 1. The fourth-order valence-corrected chi connectivity index (χ4v) is 5.24. The van der Waals surface area contributed by atoms with Crippen molar-refractivity contribution < 1.29 is 31.1 Å². The molecule has 3 heterocycles. The Kier molecular flexibility index (Phi) is 8.24. The molecule has 1 N–H and O–H groups in total. The van der Waals surface area contributed by atoms with Gasteiger partial charge >= 0.3 is 12.1 Å². The Hall–Kier alpha value is -3.93. The second-order valence-electron chi connectivity index (χ2n) is 8.87. The summed E-state index contributed by atoms with van der Waals surface area (Å²) in [6.07, 6.45) is -1.98. The van der Waals surface area contributed by atoms with Crippen LogP contribution >= 0.6 is 0 Å². The third-order valence-corrected chi connectivity index (χ3v) is 7.40. The number of rotatable bonds is 8. The van der Waals surface area contributed by atoms with Crippen molar-refractivity contribution in [3.63, 3.8) is 0 Å². The number of ether oxygens (including phenoxy) is 1. The second-order valence-corrected chi connectivity index (χ2v) is 10.5. The van der Waals surface area contributed by atoms with E-state index in [0.717, 1.165) is 18.6 Å². The molecule has 0 radical (unpaired) electrons. The largest absolute Gasteiger partial charge is 0.460 e. The van der Waals surface area contributed by atoms with Gasteiger partial charge in [-0.1, -0.05) is 49.9 Å². The summed E-state index contributed by atoms with van der Waals surface area (Å²) in [6.45, 7) is 6.31. The van der Waals surface area contributed by atoms with Gasteiger partial charge in [-0.2, -0.15) is 21.6 Å². The lowest BCUT2D eigenvalue weighted by Crippen LogP contribution is -2.41. The molecule has 0 saturated carbocycles. The SMILES string of the molecule is C=Cc1ccccc1-c1nc(NS(=O)(=O)c2cccc(N3CCCC(OC(=O)CC)C3)n2)ccc1C(F)(F)F. The van der Waals surface area contributed by atoms with Crippen LogP contribution in [-0.4, -0.2) is 43.5 Å². The van der Waals surface area contributed by atoms with E-state index < -0.39 is 27.5 Å². The number of alkyl halides is 3. The average molecular weight is 561 g/mol. The Morgan fingerprint density at radius 1 is 1.15 bits per heavy atom. The highest BCUT2D eigenvalue weighted by molar-refractivity contribution is 7.92. The molecule has 1 fully saturated rings. The lowest BCUT2D eigenvalue weighted by molar-refractivity contribution is -0.149. The Morgan fingerprint density at radius 2 is 1.92 bits per heavy atom. The minimum atomic E-state index is -4.72. The van der Waals surface area contributed by atoms with Gasteiger partial charge in [-0.3, -0.25) is 9.52 Å². The molecule has 12 heteroatoms. The summed E-state index contributed by atoms with van der Waals surface area (Å²) in [6, 6.07) is 12.4. The number of carbonyl (C=O) groups is 1. The van der Waals surface area contributed by atoms with Crippen molar-refractivity contribution >= 4 is 33.7 Å². The number of hydrogen-bond donors (Lipinski definition) is 1. The number of halogens is 3. The molecule has 1 aliphatic heterocycles. The number of hydrogen-bond acceptors (Lipinski definition) is 7. The molecule has 3 aromatic rings. The van der Waals surface area contributed by atoms with Gasteiger partial charge in [-0.25, -0.2) is 9.97 Å². The number of carbonyl (C=O) groups excluding carboxylic acids is 1. The Labute approximate surface area is 224 Å². The molecule has 4 rings (SSSR count). The van der Waals surface area contributed by atoms with Gasteiger partial charge in [0.05, 0.1) is 17.8 Å². The van der Waals surface area contributed by atoms with E-state index >= 15 is 0 Å². The fraction of sp³-hybridized carbons (Fsp3) is 0.296. The number of benzene rings is 1. The van der Waals surface area contributed by atoms with Crippen LogP contribution in [-0.2, 0) is 25.7 Å². The first-order valence-electron chi connectivity index (χ1n) is 12.3. The van der Waals surface area contributed by atoms with E-state index in [1.807, 2.05) is 4.90 Å². The first-order valence-corrected chi connectivity index (χ1v) is 13.7. The van der Waals surface area contributed by atoms with Crippen LogP contribution in [0.5, 0.6) is 0 Å². The Morgan fingerprint density at radius 3 is 2.64 bits per heavy atom. The number of pyridine rings is 2. The maximum atomic E-state index is 13.8. The molecule has 0 amide bonds. The van der Waals surface area contributed by atoms with Crippen molar-refractivity contribution in [1.82, 2.24) is 9.97 Å². The lowest BCUT2D eigenvalue weighted by atomic mass is 10.00. The standard InChI is InChI=1S/C27H27F3N4O4S/c1-3-18-9-5-6-11-20(18)26-21(27(28,29)30)14-15-22(31-26)33-39(36,37)24-13-7-12-23(32-24)34-16-8-10-19(17-34)38-25(35)4-2/h3,5-7,9,11-15,19H,1,4,8,10,16-17H2,2H3,(H,31,33). The molecule has 2 aromatic heterocycles. The minimum absolute atomic E-state index is 0.157. The molecular formula is C27H27F3N4O4S. The Balaban J connectivity index is 1.63. The predicted molar refractivity (Wildman–Crippen MR) is 141 cm³/mol. The highest BCUT2D eigenvalue weighted by Crippen LogP contribution is 2.38. The topological polar surface area (TPSA) is 101 Å². The van der Waals surface area contributed by atoms with Crippen LogP contribution in [0.15, 0.2) is 66.2 Å². The number of nitrogens with zero attached hydrogens (tertiary/aromatic N) is 3. The van der Waals surface area contributed by atoms with Gasteiger partial charge in [0.1, 0.15) is 17.7 Å². The van der Waals surface area contributed by atoms with Gasteiger partial charge in [-0.15, -0.1) is 0 Å². The zero-order valence-electron chi connectivity index (χ0n) is 21.1.